The van der Waals surface area contributed by atoms with Crippen molar-refractivity contribution in [3.63, 3.8) is 0 Å². The Morgan fingerprint density at radius 2 is 1.20 bits per heavy atom. The first kappa shape index (κ1) is 56.9. The molecule has 19 heteroatoms. The average molecular weight is 1040 g/mol. The standard InChI is InChI=1S/C57H77N11O8/c1-9-16-45(65-49(69)32(2)59-7)55(75)67-30-39(28-46(67)53(73)63-43-23-14-19-34-17-10-12-21-41(34)43)61-51(71)36-25-37(27-38(58)26-36)52(72)62-40-29-47(54(74)64-44-24-15-20-35-18-11-13-22-42(35)44)68(31-40)56(76)48(57(4,5)6)66-50(70)33(3)60-8/h1,10-13,17-18,21-22,25-27,32-33,39-40,43-48,56,59-60,76H,14-16,19-20,23-24,28-31,58H2,2-8H3,(H,61,71)(H,62,72)(H,63,73)(H,64,74)(H,65,69)(H,66,70). The van der Waals surface area contributed by atoms with E-state index in [1.807, 2.05) is 63.2 Å². The van der Waals surface area contributed by atoms with Gasteiger partial charge in [0.25, 0.3) is 11.8 Å². The number of amides is 7. The number of hydrogen-bond donors (Lipinski definition) is 10. The quantitative estimate of drug-likeness (QED) is 0.0649. The summed E-state index contributed by atoms with van der Waals surface area (Å²) in [5, 5.41) is 36.1. The minimum absolute atomic E-state index is 0.0390. The van der Waals surface area contributed by atoms with Gasteiger partial charge in [-0.3, -0.25) is 38.5 Å². The molecule has 2 aliphatic heterocycles. The number of aliphatic hydroxyl groups excluding tert-OH is 1. The van der Waals surface area contributed by atoms with Crippen molar-refractivity contribution in [2.24, 2.45) is 5.41 Å². The zero-order valence-electron chi connectivity index (χ0n) is 44.8. The van der Waals surface area contributed by atoms with Crippen molar-refractivity contribution in [2.75, 3.05) is 32.9 Å². The summed E-state index contributed by atoms with van der Waals surface area (Å²) in [6, 6.07) is 13.1. The van der Waals surface area contributed by atoms with E-state index in [-0.39, 0.29) is 73.1 Å². The average Bonchev–Trinajstić information content (AvgIpc) is 4.04. The number of aryl methyl sites for hydroxylation is 2. The van der Waals surface area contributed by atoms with Gasteiger partial charge in [-0.15, -0.1) is 12.3 Å². The van der Waals surface area contributed by atoms with Gasteiger partial charge < -0.3 is 58.3 Å². The summed E-state index contributed by atoms with van der Waals surface area (Å²) in [7, 11) is 3.28. The van der Waals surface area contributed by atoms with Crippen LogP contribution in [0.4, 0.5) is 5.69 Å². The monoisotopic (exact) mass is 1040 g/mol. The van der Waals surface area contributed by atoms with Crippen molar-refractivity contribution < 1.29 is 38.7 Å². The predicted octanol–water partition coefficient (Wildman–Crippen LogP) is 2.10. The van der Waals surface area contributed by atoms with E-state index in [9.17, 15) is 38.7 Å². The van der Waals surface area contributed by atoms with E-state index in [0.29, 0.717) is 6.42 Å². The van der Waals surface area contributed by atoms with Crippen molar-refractivity contribution in [1.29, 1.82) is 0 Å². The summed E-state index contributed by atoms with van der Waals surface area (Å²) < 4.78 is 0. The molecule has 3 aromatic carbocycles. The molecule has 11 unspecified atom stereocenters. The van der Waals surface area contributed by atoms with E-state index in [1.165, 1.54) is 23.1 Å². The van der Waals surface area contributed by atoms with Crippen LogP contribution in [0, 0.1) is 17.8 Å². The van der Waals surface area contributed by atoms with Gasteiger partial charge in [-0.05, 0) is 125 Å². The van der Waals surface area contributed by atoms with Gasteiger partial charge >= 0.3 is 0 Å². The molecule has 11 atom stereocenters. The number of nitrogens with zero attached hydrogens (tertiary/aromatic N) is 2. The van der Waals surface area contributed by atoms with Crippen LogP contribution in [-0.4, -0.2) is 138 Å². The van der Waals surface area contributed by atoms with Gasteiger partial charge in [0.15, 0.2) is 0 Å². The molecule has 2 fully saturated rings. The minimum atomic E-state index is -1.34. The molecule has 76 heavy (non-hydrogen) atoms. The molecule has 4 aliphatic rings. The third kappa shape index (κ3) is 13.4. The number of terminal acetylenes is 1. The summed E-state index contributed by atoms with van der Waals surface area (Å²) >= 11 is 0. The molecule has 2 saturated heterocycles. The van der Waals surface area contributed by atoms with E-state index >= 15 is 0 Å². The smallest absolute Gasteiger partial charge is 0.251 e. The van der Waals surface area contributed by atoms with Gasteiger partial charge in [-0.1, -0.05) is 69.3 Å². The van der Waals surface area contributed by atoms with Gasteiger partial charge in [-0.25, -0.2) is 0 Å². The molecule has 0 bridgehead atoms. The molecule has 0 spiro atoms. The first-order chi connectivity index (χ1) is 36.2. The first-order valence-corrected chi connectivity index (χ1v) is 26.6. The number of aliphatic hydroxyl groups is 1. The molecule has 19 nitrogen and oxygen atoms in total. The summed E-state index contributed by atoms with van der Waals surface area (Å²) in [6.45, 7) is 8.98. The van der Waals surface area contributed by atoms with Gasteiger partial charge in [0.05, 0.1) is 36.3 Å². The maximum atomic E-state index is 14.5. The molecule has 2 heterocycles. The highest BCUT2D eigenvalue weighted by Crippen LogP contribution is 2.34. The second kappa shape index (κ2) is 24.9. The third-order valence-electron chi connectivity index (χ3n) is 15.5. The maximum absolute atomic E-state index is 14.5. The molecule has 0 aromatic heterocycles. The van der Waals surface area contributed by atoms with Crippen LogP contribution in [0.5, 0.6) is 0 Å². The van der Waals surface area contributed by atoms with Crippen molar-refractivity contribution in [3.8, 4) is 12.3 Å². The Balaban J connectivity index is 1.09. The van der Waals surface area contributed by atoms with Gasteiger partial charge in [0.2, 0.25) is 29.5 Å². The van der Waals surface area contributed by atoms with E-state index in [2.05, 4.69) is 54.5 Å². The number of likely N-dealkylation sites (tertiary alicyclic amines) is 2. The fourth-order valence-corrected chi connectivity index (χ4v) is 11.0. The highest BCUT2D eigenvalue weighted by molar-refractivity contribution is 6.01. The van der Waals surface area contributed by atoms with Crippen molar-refractivity contribution in [1.82, 2.24) is 52.3 Å². The zero-order valence-corrected chi connectivity index (χ0v) is 44.8. The number of carbonyl (C=O) groups is 7. The Hall–Kier alpha value is -6.85. The summed E-state index contributed by atoms with van der Waals surface area (Å²) in [5.41, 5.74) is 10.3. The van der Waals surface area contributed by atoms with Gasteiger partial charge in [0.1, 0.15) is 18.3 Å². The normalized spacial score (nSPS) is 23.2. The van der Waals surface area contributed by atoms with Gasteiger partial charge in [0, 0.05) is 48.4 Å². The van der Waals surface area contributed by atoms with Crippen LogP contribution in [0.1, 0.15) is 135 Å². The van der Waals surface area contributed by atoms with Crippen LogP contribution < -0.4 is 48.3 Å². The number of fused-ring (bicyclic) bond motifs is 2. The number of nitrogens with one attached hydrogen (secondary N) is 8. The largest absolute Gasteiger partial charge is 0.399 e. The number of nitrogen functional groups attached to an aromatic ring is 1. The summed E-state index contributed by atoms with van der Waals surface area (Å²) in [6.07, 6.45) is 9.34. The van der Waals surface area contributed by atoms with Crippen LogP contribution in [0.15, 0.2) is 66.7 Å². The highest BCUT2D eigenvalue weighted by Gasteiger charge is 2.47. The van der Waals surface area contributed by atoms with E-state index in [1.54, 1.807) is 32.8 Å². The lowest BCUT2D eigenvalue weighted by atomic mass is 9.84. The van der Waals surface area contributed by atoms with Crippen LogP contribution in [0.25, 0.3) is 0 Å². The second-order valence-electron chi connectivity index (χ2n) is 21.9. The number of anilines is 1. The number of carbonyl (C=O) groups excluding carboxylic acids is 7. The van der Waals surface area contributed by atoms with Gasteiger partial charge in [-0.2, -0.15) is 0 Å². The van der Waals surface area contributed by atoms with Crippen LogP contribution in [0.3, 0.4) is 0 Å². The fourth-order valence-electron chi connectivity index (χ4n) is 11.0. The molecular weight excluding hydrogens is 967 g/mol. The summed E-state index contributed by atoms with van der Waals surface area (Å²) in [4.78, 5) is 101. The SMILES string of the molecule is C#CCC(NC(=O)C(C)NC)C(=O)N1CC(NC(=O)c2cc(N)cc(C(=O)NC3CC(C(=O)NC4CCCc5ccccc54)N(C(O)C(NC(=O)C(C)NC)C(C)(C)C)C3)c2)CC1C(=O)NC1CCCc2ccccc21. The molecule has 3 aromatic rings. The van der Waals surface area contributed by atoms with E-state index in [0.717, 1.165) is 54.4 Å². The van der Waals surface area contributed by atoms with Crippen LogP contribution in [-0.2, 0) is 36.8 Å². The number of likely N-dealkylation sites (N-methyl/N-ethyl adjacent to an activating group) is 2. The number of hydrogen-bond acceptors (Lipinski definition) is 12. The molecular formula is C57H77N11O8. The number of benzene rings is 3. The van der Waals surface area contributed by atoms with Crippen molar-refractivity contribution >= 4 is 47.0 Å². The third-order valence-corrected chi connectivity index (χ3v) is 15.5. The number of rotatable bonds is 18. The molecule has 11 N–H and O–H groups in total. The first-order valence-electron chi connectivity index (χ1n) is 26.6. The van der Waals surface area contributed by atoms with Crippen molar-refractivity contribution in [3.05, 3.63) is 100 Å². The maximum Gasteiger partial charge on any atom is 0.251 e. The Morgan fingerprint density at radius 1 is 0.711 bits per heavy atom. The van der Waals surface area contributed by atoms with E-state index in [4.69, 9.17) is 12.2 Å². The summed E-state index contributed by atoms with van der Waals surface area (Å²) in [5.74, 6) is -0.819. The molecule has 408 valence electrons. The molecule has 0 saturated carbocycles. The lowest BCUT2D eigenvalue weighted by Gasteiger charge is -2.41. The van der Waals surface area contributed by atoms with E-state index < -0.39 is 89.5 Å². The second-order valence-corrected chi connectivity index (χ2v) is 21.9. The van der Waals surface area contributed by atoms with Crippen molar-refractivity contribution in [2.45, 2.75) is 159 Å². The Kier molecular flexibility index (Phi) is 18.6. The molecule has 7 amide bonds. The fraction of sp³-hybridized carbons (Fsp3) is 0.526. The molecule has 7 rings (SSSR count). The highest BCUT2D eigenvalue weighted by atomic mass is 16.3. The van der Waals surface area contributed by atoms with Crippen LogP contribution >= 0.6 is 0 Å². The molecule has 0 radical (unpaired) electrons. The number of nitrogens with two attached hydrogens (primary N) is 1. The minimum Gasteiger partial charge on any atom is -0.399 e. The lowest BCUT2D eigenvalue weighted by molar-refractivity contribution is -0.141. The Morgan fingerprint density at radius 3 is 1.71 bits per heavy atom. The lowest BCUT2D eigenvalue weighted by Crippen LogP contribution is -2.62. The molecule has 2 aliphatic carbocycles. The predicted molar refractivity (Wildman–Crippen MR) is 289 cm³/mol. The zero-order chi connectivity index (χ0) is 55.0. The Labute approximate surface area is 446 Å². The topological polar surface area (TPSA) is 268 Å². The Bertz CT molecular complexity index is 2680. The van der Waals surface area contributed by atoms with Crippen LogP contribution in [0.2, 0.25) is 0 Å².